The first-order valence-corrected chi connectivity index (χ1v) is 13.6. The Morgan fingerprint density at radius 1 is 1.07 bits per heavy atom. The lowest BCUT2D eigenvalue weighted by Crippen LogP contribution is -2.27. The van der Waals surface area contributed by atoms with Gasteiger partial charge in [0.2, 0.25) is 5.91 Å². The highest BCUT2D eigenvalue weighted by atomic mass is 19.1. The van der Waals surface area contributed by atoms with E-state index >= 15 is 0 Å². The number of halogens is 1. The fraction of sp³-hybridized carbons (Fsp3) is 0.219. The normalized spacial score (nSPS) is 11.8. The van der Waals surface area contributed by atoms with Crippen molar-refractivity contribution in [2.75, 3.05) is 32.5 Å². The van der Waals surface area contributed by atoms with Crippen molar-refractivity contribution < 1.29 is 14.3 Å². The van der Waals surface area contributed by atoms with Gasteiger partial charge in [0.25, 0.3) is 0 Å². The first-order chi connectivity index (χ1) is 20.2. The summed E-state index contributed by atoms with van der Waals surface area (Å²) in [4.78, 5) is 36.0. The molecule has 0 radical (unpaired) electrons. The van der Waals surface area contributed by atoms with E-state index in [1.54, 1.807) is 29.7 Å². The summed E-state index contributed by atoms with van der Waals surface area (Å²) in [5, 5.41) is 13.6. The molecule has 0 unspecified atom stereocenters. The molecular weight excluding hydrogens is 533 g/mol. The molecule has 0 fully saturated rings. The average molecular weight is 566 g/mol. The van der Waals surface area contributed by atoms with Gasteiger partial charge in [0, 0.05) is 58.8 Å². The number of rotatable bonds is 9. The molecule has 10 heteroatoms. The number of amides is 1. The van der Waals surface area contributed by atoms with E-state index in [1.807, 2.05) is 45.3 Å². The molecule has 0 saturated heterocycles. The van der Waals surface area contributed by atoms with Gasteiger partial charge in [-0.1, -0.05) is 6.92 Å². The van der Waals surface area contributed by atoms with Crippen LogP contribution in [-0.2, 0) is 4.79 Å². The van der Waals surface area contributed by atoms with E-state index in [2.05, 4.69) is 32.2 Å². The zero-order valence-electron chi connectivity index (χ0n) is 23.9. The van der Waals surface area contributed by atoms with E-state index in [0.29, 0.717) is 29.2 Å². The molecule has 5 aromatic rings. The van der Waals surface area contributed by atoms with Gasteiger partial charge < -0.3 is 20.3 Å². The van der Waals surface area contributed by atoms with Gasteiger partial charge in [0.15, 0.2) is 0 Å². The molecule has 4 aromatic heterocycles. The fourth-order valence-electron chi connectivity index (χ4n) is 4.73. The number of phenolic OH excluding ortho intramolecular Hbond substituents is 1. The van der Waals surface area contributed by atoms with Crippen molar-refractivity contribution in [3.05, 3.63) is 89.9 Å². The van der Waals surface area contributed by atoms with Gasteiger partial charge >= 0.3 is 0 Å². The van der Waals surface area contributed by atoms with E-state index in [1.165, 1.54) is 12.1 Å². The third-order valence-electron chi connectivity index (χ3n) is 6.59. The minimum Gasteiger partial charge on any atom is -0.508 e. The highest BCUT2D eigenvalue weighted by Crippen LogP contribution is 2.31. The summed E-state index contributed by atoms with van der Waals surface area (Å²) < 4.78 is 14.1. The van der Waals surface area contributed by atoms with Crippen molar-refractivity contribution in [2.45, 2.75) is 20.3 Å². The van der Waals surface area contributed by atoms with Crippen LogP contribution in [0.3, 0.4) is 0 Å². The number of hydrogen-bond donors (Lipinski definition) is 3. The maximum absolute atomic E-state index is 14.1. The summed E-state index contributed by atoms with van der Waals surface area (Å²) in [5.41, 5.74) is 7.20. The van der Waals surface area contributed by atoms with Gasteiger partial charge in [-0.15, -0.1) is 0 Å². The summed E-state index contributed by atoms with van der Waals surface area (Å²) in [5.74, 6) is -0.840. The lowest BCUT2D eigenvalue weighted by Gasteiger charge is -2.12. The Morgan fingerprint density at radius 2 is 1.90 bits per heavy atom. The standard InChI is InChI=1S/C32H32FN7O2/c1-5-7-35-32(29-14-26-27(39-29)6-8-36-31(26)20-9-22(33)12-24(41)11-20)25-13-28(37-15-19(25)2)21-10-23(17-34-16-21)38-30(42)18-40(3)4/h6,8-17,39,41H,5,7,18H2,1-4H3,(H,38,42)/b35-32+. The Bertz CT molecular complexity index is 1780. The first kappa shape index (κ1) is 28.6. The maximum atomic E-state index is 14.1. The number of anilines is 1. The molecule has 9 nitrogen and oxygen atoms in total. The van der Waals surface area contributed by atoms with Gasteiger partial charge in [-0.05, 0) is 69.4 Å². The second-order valence-electron chi connectivity index (χ2n) is 10.4. The lowest BCUT2D eigenvalue weighted by atomic mass is 10.00. The third-order valence-corrected chi connectivity index (χ3v) is 6.59. The number of aliphatic imine (C=N–C) groups is 1. The summed E-state index contributed by atoms with van der Waals surface area (Å²) in [6.45, 7) is 4.92. The molecule has 0 bridgehead atoms. The molecule has 0 aliphatic rings. The molecule has 3 N–H and O–H groups in total. The van der Waals surface area contributed by atoms with Crippen molar-refractivity contribution in [3.63, 3.8) is 0 Å². The third kappa shape index (κ3) is 6.34. The van der Waals surface area contributed by atoms with E-state index in [4.69, 9.17) is 4.99 Å². The molecule has 0 spiro atoms. The summed E-state index contributed by atoms with van der Waals surface area (Å²) in [7, 11) is 3.67. The number of nitrogens with zero attached hydrogens (tertiary/aromatic N) is 5. The number of H-pyrrole nitrogens is 1. The highest BCUT2D eigenvalue weighted by Gasteiger charge is 2.18. The van der Waals surface area contributed by atoms with Gasteiger partial charge in [-0.2, -0.15) is 0 Å². The van der Waals surface area contributed by atoms with Crippen LogP contribution in [0, 0.1) is 12.7 Å². The number of carbonyl (C=O) groups excluding carboxylic acids is 1. The number of pyridine rings is 3. The van der Waals surface area contributed by atoms with Gasteiger partial charge in [0.05, 0.1) is 41.2 Å². The summed E-state index contributed by atoms with van der Waals surface area (Å²) in [6.07, 6.45) is 7.62. The fourth-order valence-corrected chi connectivity index (χ4v) is 4.73. The second kappa shape index (κ2) is 12.3. The van der Waals surface area contributed by atoms with Crippen molar-refractivity contribution in [1.82, 2.24) is 24.8 Å². The number of hydrogen-bond acceptors (Lipinski definition) is 7. The Morgan fingerprint density at radius 3 is 2.67 bits per heavy atom. The van der Waals surface area contributed by atoms with Gasteiger partial charge in [0.1, 0.15) is 11.6 Å². The Hall–Kier alpha value is -4.96. The Balaban J connectivity index is 1.56. The Kier molecular flexibility index (Phi) is 8.35. The number of phenols is 1. The molecule has 0 aliphatic heterocycles. The largest absolute Gasteiger partial charge is 0.508 e. The average Bonchev–Trinajstić information content (AvgIpc) is 3.37. The SMILES string of the molecule is CCC/N=C(/c1cc2c(-c3cc(O)cc(F)c3)nccc2[nH]1)c1cc(-c2cncc(NC(=O)CN(C)C)c2)ncc1C. The number of fused-ring (bicyclic) bond motifs is 1. The molecule has 0 atom stereocenters. The molecule has 1 aromatic carbocycles. The molecule has 0 aliphatic carbocycles. The molecule has 42 heavy (non-hydrogen) atoms. The Labute approximate surface area is 243 Å². The van der Waals surface area contributed by atoms with Crippen molar-refractivity contribution in [1.29, 1.82) is 0 Å². The summed E-state index contributed by atoms with van der Waals surface area (Å²) >= 11 is 0. The first-order valence-electron chi connectivity index (χ1n) is 13.6. The molecule has 4 heterocycles. The van der Waals surface area contributed by atoms with Crippen LogP contribution in [-0.4, -0.2) is 68.7 Å². The van der Waals surface area contributed by atoms with Crippen molar-refractivity contribution in [3.8, 4) is 28.3 Å². The predicted octanol–water partition coefficient (Wildman–Crippen LogP) is 5.59. The minimum absolute atomic E-state index is 0.133. The molecule has 214 valence electrons. The van der Waals surface area contributed by atoms with Crippen LogP contribution in [0.1, 0.15) is 30.2 Å². The number of benzene rings is 1. The van der Waals surface area contributed by atoms with Crippen LogP contribution in [0.25, 0.3) is 33.4 Å². The second-order valence-corrected chi connectivity index (χ2v) is 10.4. The zero-order valence-corrected chi connectivity index (χ0v) is 23.9. The number of nitrogens with one attached hydrogen (secondary N) is 2. The van der Waals surface area contributed by atoms with E-state index in [9.17, 15) is 14.3 Å². The van der Waals surface area contributed by atoms with Crippen LogP contribution in [0.5, 0.6) is 5.75 Å². The minimum atomic E-state index is -0.541. The molecule has 1 amide bonds. The predicted molar refractivity (Wildman–Crippen MR) is 163 cm³/mol. The van der Waals surface area contributed by atoms with Crippen LogP contribution in [0.2, 0.25) is 0 Å². The quantitative estimate of drug-likeness (QED) is 0.201. The van der Waals surface area contributed by atoms with E-state index in [0.717, 1.165) is 51.5 Å². The number of aromatic nitrogens is 4. The number of aryl methyl sites for hydroxylation is 1. The van der Waals surface area contributed by atoms with Crippen LogP contribution >= 0.6 is 0 Å². The lowest BCUT2D eigenvalue weighted by molar-refractivity contribution is -0.116. The monoisotopic (exact) mass is 565 g/mol. The van der Waals surface area contributed by atoms with Crippen molar-refractivity contribution in [2.24, 2.45) is 4.99 Å². The zero-order chi connectivity index (χ0) is 29.8. The molecule has 5 rings (SSSR count). The maximum Gasteiger partial charge on any atom is 0.238 e. The summed E-state index contributed by atoms with van der Waals surface area (Å²) in [6, 6.07) is 11.5. The number of aromatic amines is 1. The highest BCUT2D eigenvalue weighted by molar-refractivity contribution is 6.15. The number of carbonyl (C=O) groups is 1. The van der Waals surface area contributed by atoms with Gasteiger partial charge in [-0.25, -0.2) is 4.39 Å². The van der Waals surface area contributed by atoms with E-state index < -0.39 is 5.82 Å². The number of likely N-dealkylation sites (N-methyl/N-ethyl adjacent to an activating group) is 1. The smallest absolute Gasteiger partial charge is 0.238 e. The molecule has 0 saturated carbocycles. The van der Waals surface area contributed by atoms with Crippen LogP contribution < -0.4 is 5.32 Å². The number of aromatic hydroxyl groups is 1. The molecular formula is C32H32FN7O2. The van der Waals surface area contributed by atoms with Crippen LogP contribution in [0.15, 0.2) is 72.2 Å². The van der Waals surface area contributed by atoms with Crippen molar-refractivity contribution >= 4 is 28.2 Å². The van der Waals surface area contributed by atoms with E-state index in [-0.39, 0.29) is 18.2 Å². The topological polar surface area (TPSA) is 119 Å². The van der Waals surface area contributed by atoms with Crippen LogP contribution in [0.4, 0.5) is 10.1 Å². The van der Waals surface area contributed by atoms with Gasteiger partial charge in [-0.3, -0.25) is 24.7 Å².